The van der Waals surface area contributed by atoms with E-state index >= 15 is 0 Å². The molecule has 0 saturated carbocycles. The molecule has 3 rings (SSSR count). The first kappa shape index (κ1) is 14.4. The summed E-state index contributed by atoms with van der Waals surface area (Å²) in [6.45, 7) is 3.34. The highest BCUT2D eigenvalue weighted by atomic mass is 16.4. The van der Waals surface area contributed by atoms with Crippen LogP contribution in [0.2, 0.25) is 0 Å². The van der Waals surface area contributed by atoms with E-state index in [1.54, 1.807) is 0 Å². The summed E-state index contributed by atoms with van der Waals surface area (Å²) < 4.78 is 0. The smallest absolute Gasteiger partial charge is 0.325 e. The summed E-state index contributed by atoms with van der Waals surface area (Å²) in [4.78, 5) is 15.9. The number of anilines is 1. The van der Waals surface area contributed by atoms with Crippen LogP contribution < -0.4 is 10.6 Å². The predicted octanol–water partition coefficient (Wildman–Crippen LogP) is 1.14. The molecule has 3 N–H and O–H groups in total. The quantitative estimate of drug-likeness (QED) is 0.873. The molecular formula is C16H23N3O2. The minimum Gasteiger partial charge on any atom is -0.480 e. The number of benzene rings is 1. The SMILES string of the molecule is NC1(C(=O)O)CCN(C2CCN(c3ccccc3)CC2)C1. The Morgan fingerprint density at radius 1 is 1.19 bits per heavy atom. The van der Waals surface area contributed by atoms with Crippen molar-refractivity contribution in [2.45, 2.75) is 30.8 Å². The van der Waals surface area contributed by atoms with Crippen LogP contribution in [0, 0.1) is 0 Å². The van der Waals surface area contributed by atoms with Gasteiger partial charge in [0, 0.05) is 37.9 Å². The van der Waals surface area contributed by atoms with Crippen molar-refractivity contribution in [1.82, 2.24) is 4.90 Å². The number of nitrogens with zero attached hydrogens (tertiary/aromatic N) is 2. The third-order valence-electron chi connectivity index (χ3n) is 4.86. The first-order valence-electron chi connectivity index (χ1n) is 7.65. The van der Waals surface area contributed by atoms with Gasteiger partial charge < -0.3 is 15.7 Å². The van der Waals surface area contributed by atoms with Crippen molar-refractivity contribution in [3.05, 3.63) is 30.3 Å². The number of rotatable bonds is 3. The molecule has 2 saturated heterocycles. The highest BCUT2D eigenvalue weighted by Crippen LogP contribution is 2.27. The van der Waals surface area contributed by atoms with Crippen molar-refractivity contribution in [3.8, 4) is 0 Å². The monoisotopic (exact) mass is 289 g/mol. The minimum atomic E-state index is -1.05. The second-order valence-electron chi connectivity index (χ2n) is 6.24. The van der Waals surface area contributed by atoms with Gasteiger partial charge in [-0.15, -0.1) is 0 Å². The van der Waals surface area contributed by atoms with Crippen LogP contribution in [0.4, 0.5) is 5.69 Å². The summed E-state index contributed by atoms with van der Waals surface area (Å²) >= 11 is 0. The fourth-order valence-electron chi connectivity index (χ4n) is 3.48. The molecule has 1 atom stereocenters. The average Bonchev–Trinajstić information content (AvgIpc) is 2.92. The number of hydrogen-bond acceptors (Lipinski definition) is 4. The Morgan fingerprint density at radius 3 is 2.43 bits per heavy atom. The number of nitrogens with two attached hydrogens (primary N) is 1. The molecule has 0 spiro atoms. The molecule has 0 aliphatic carbocycles. The predicted molar refractivity (Wildman–Crippen MR) is 82.4 cm³/mol. The van der Waals surface area contributed by atoms with Crippen LogP contribution in [0.3, 0.4) is 0 Å². The minimum absolute atomic E-state index is 0.467. The van der Waals surface area contributed by atoms with Crippen molar-refractivity contribution < 1.29 is 9.90 Å². The van der Waals surface area contributed by atoms with Crippen LogP contribution in [0.25, 0.3) is 0 Å². The van der Waals surface area contributed by atoms with E-state index in [4.69, 9.17) is 5.73 Å². The third kappa shape index (κ3) is 2.89. The maximum Gasteiger partial charge on any atom is 0.325 e. The second-order valence-corrected chi connectivity index (χ2v) is 6.24. The van der Waals surface area contributed by atoms with Crippen LogP contribution in [0.5, 0.6) is 0 Å². The Hall–Kier alpha value is -1.59. The first-order valence-corrected chi connectivity index (χ1v) is 7.65. The van der Waals surface area contributed by atoms with Gasteiger partial charge in [-0.05, 0) is 31.4 Å². The van der Waals surface area contributed by atoms with Crippen LogP contribution >= 0.6 is 0 Å². The summed E-state index contributed by atoms with van der Waals surface area (Å²) in [6, 6.07) is 10.9. The molecule has 1 aromatic rings. The van der Waals surface area contributed by atoms with Crippen molar-refractivity contribution in [3.63, 3.8) is 0 Å². The van der Waals surface area contributed by atoms with E-state index in [9.17, 15) is 9.90 Å². The average molecular weight is 289 g/mol. The number of para-hydroxylation sites is 1. The molecule has 2 aliphatic heterocycles. The maximum atomic E-state index is 11.2. The van der Waals surface area contributed by atoms with Gasteiger partial charge in [-0.3, -0.25) is 9.69 Å². The zero-order valence-corrected chi connectivity index (χ0v) is 12.2. The number of likely N-dealkylation sites (tertiary alicyclic amines) is 1. The molecule has 1 unspecified atom stereocenters. The van der Waals surface area contributed by atoms with Crippen LogP contribution in [-0.2, 0) is 4.79 Å². The van der Waals surface area contributed by atoms with Crippen molar-refractivity contribution in [2.24, 2.45) is 5.73 Å². The molecule has 0 aromatic heterocycles. The number of aliphatic carboxylic acids is 1. The second kappa shape index (κ2) is 5.66. The fraction of sp³-hybridized carbons (Fsp3) is 0.562. The molecule has 0 radical (unpaired) electrons. The molecule has 114 valence electrons. The van der Waals surface area contributed by atoms with E-state index in [0.717, 1.165) is 32.5 Å². The van der Waals surface area contributed by atoms with E-state index in [2.05, 4.69) is 34.1 Å². The van der Waals surface area contributed by atoms with Gasteiger partial charge in [0.2, 0.25) is 0 Å². The summed E-state index contributed by atoms with van der Waals surface area (Å²) in [7, 11) is 0. The Bertz CT molecular complexity index is 500. The van der Waals surface area contributed by atoms with E-state index in [1.807, 2.05) is 6.07 Å². The van der Waals surface area contributed by atoms with Gasteiger partial charge in [0.25, 0.3) is 0 Å². The van der Waals surface area contributed by atoms with Gasteiger partial charge in [0.05, 0.1) is 0 Å². The Kier molecular flexibility index (Phi) is 3.87. The lowest BCUT2D eigenvalue weighted by Crippen LogP contribution is -2.52. The van der Waals surface area contributed by atoms with Gasteiger partial charge in [-0.1, -0.05) is 18.2 Å². The largest absolute Gasteiger partial charge is 0.480 e. The summed E-state index contributed by atoms with van der Waals surface area (Å²) in [6.07, 6.45) is 2.70. The van der Waals surface area contributed by atoms with Crippen LogP contribution in [0.1, 0.15) is 19.3 Å². The number of piperidine rings is 1. The van der Waals surface area contributed by atoms with Gasteiger partial charge >= 0.3 is 5.97 Å². The Morgan fingerprint density at radius 2 is 1.86 bits per heavy atom. The number of carboxylic acid groups (broad SMARTS) is 1. The molecule has 5 heteroatoms. The van der Waals surface area contributed by atoms with Crippen LogP contribution in [-0.4, -0.2) is 53.7 Å². The molecule has 1 aromatic carbocycles. The van der Waals surface area contributed by atoms with E-state index in [0.29, 0.717) is 19.0 Å². The maximum absolute atomic E-state index is 11.2. The van der Waals surface area contributed by atoms with E-state index in [1.165, 1.54) is 5.69 Å². The molecule has 5 nitrogen and oxygen atoms in total. The van der Waals surface area contributed by atoms with Gasteiger partial charge in [0.1, 0.15) is 5.54 Å². The zero-order chi connectivity index (χ0) is 14.9. The van der Waals surface area contributed by atoms with E-state index < -0.39 is 11.5 Å². The first-order chi connectivity index (χ1) is 10.1. The molecule has 2 fully saturated rings. The number of hydrogen-bond donors (Lipinski definition) is 2. The third-order valence-corrected chi connectivity index (χ3v) is 4.86. The van der Waals surface area contributed by atoms with Crippen molar-refractivity contribution >= 4 is 11.7 Å². The Balaban J connectivity index is 1.56. The highest BCUT2D eigenvalue weighted by Gasteiger charge is 2.43. The molecular weight excluding hydrogens is 266 g/mol. The number of carbonyl (C=O) groups is 1. The normalized spacial score (nSPS) is 28.0. The lowest BCUT2D eigenvalue weighted by atomic mass is 10.00. The highest BCUT2D eigenvalue weighted by molar-refractivity contribution is 5.79. The molecule has 2 aliphatic rings. The number of carboxylic acids is 1. The molecule has 0 amide bonds. The summed E-state index contributed by atoms with van der Waals surface area (Å²) in [5, 5.41) is 9.22. The van der Waals surface area contributed by atoms with Gasteiger partial charge in [-0.2, -0.15) is 0 Å². The summed E-state index contributed by atoms with van der Waals surface area (Å²) in [5.74, 6) is -0.869. The molecule has 0 bridgehead atoms. The molecule has 21 heavy (non-hydrogen) atoms. The lowest BCUT2D eigenvalue weighted by Gasteiger charge is -2.38. The fourth-order valence-corrected chi connectivity index (χ4v) is 3.48. The standard InChI is InChI=1S/C16H23N3O2/c17-16(15(20)21)8-11-19(12-16)14-6-9-18(10-7-14)13-4-2-1-3-5-13/h1-5,14H,6-12,17H2,(H,20,21). The Labute approximate surface area is 125 Å². The van der Waals surface area contributed by atoms with Gasteiger partial charge in [0.15, 0.2) is 0 Å². The van der Waals surface area contributed by atoms with E-state index in [-0.39, 0.29) is 0 Å². The van der Waals surface area contributed by atoms with Crippen molar-refractivity contribution in [1.29, 1.82) is 0 Å². The lowest BCUT2D eigenvalue weighted by molar-refractivity contribution is -0.142. The van der Waals surface area contributed by atoms with Crippen LogP contribution in [0.15, 0.2) is 30.3 Å². The zero-order valence-electron chi connectivity index (χ0n) is 12.2. The summed E-state index contributed by atoms with van der Waals surface area (Å²) in [5.41, 5.74) is 6.19. The van der Waals surface area contributed by atoms with Crippen molar-refractivity contribution in [2.75, 3.05) is 31.1 Å². The topological polar surface area (TPSA) is 69.8 Å². The van der Waals surface area contributed by atoms with Gasteiger partial charge in [-0.25, -0.2) is 0 Å². The molecule has 2 heterocycles.